The van der Waals surface area contributed by atoms with E-state index in [1.807, 2.05) is 4.90 Å². The molecule has 3 nitrogen and oxygen atoms in total. The van der Waals surface area contributed by atoms with E-state index in [1.54, 1.807) is 0 Å². The minimum absolute atomic E-state index is 0.0474. The van der Waals surface area contributed by atoms with Crippen LogP contribution in [0.3, 0.4) is 0 Å². The summed E-state index contributed by atoms with van der Waals surface area (Å²) in [7, 11) is 0. The predicted octanol–water partition coefficient (Wildman–Crippen LogP) is 1.76. The number of amides is 1. The van der Waals surface area contributed by atoms with Crippen LogP contribution in [0.15, 0.2) is 0 Å². The maximum atomic E-state index is 11.9. The topological polar surface area (TPSA) is 46.3 Å². The third-order valence-corrected chi connectivity index (χ3v) is 3.13. The Morgan fingerprint density at radius 3 is 2.67 bits per heavy atom. The first-order chi connectivity index (χ1) is 6.94. The van der Waals surface area contributed by atoms with Crippen molar-refractivity contribution in [1.82, 2.24) is 4.90 Å². The van der Waals surface area contributed by atoms with Crippen LogP contribution in [0, 0.1) is 5.41 Å². The van der Waals surface area contributed by atoms with E-state index in [2.05, 4.69) is 20.8 Å². The second-order valence-electron chi connectivity index (χ2n) is 5.48. The molecule has 1 atom stereocenters. The van der Waals surface area contributed by atoms with Crippen LogP contribution in [-0.4, -0.2) is 29.9 Å². The molecule has 1 heterocycles. The van der Waals surface area contributed by atoms with E-state index >= 15 is 0 Å². The third-order valence-electron chi connectivity index (χ3n) is 3.13. The molecule has 1 aliphatic rings. The lowest BCUT2D eigenvalue weighted by molar-refractivity contribution is -0.130. The first-order valence-corrected chi connectivity index (χ1v) is 5.98. The highest BCUT2D eigenvalue weighted by Gasteiger charge is 2.32. The number of nitrogens with two attached hydrogens (primary N) is 1. The molecule has 1 saturated heterocycles. The second kappa shape index (κ2) is 4.97. The highest BCUT2D eigenvalue weighted by molar-refractivity contribution is 5.77. The molecule has 1 unspecified atom stereocenters. The van der Waals surface area contributed by atoms with E-state index in [0.29, 0.717) is 11.8 Å². The van der Waals surface area contributed by atoms with E-state index in [0.717, 1.165) is 32.4 Å². The molecular formula is C12H24N2O. The SMILES string of the molecule is CCCC(N)CC(=O)N1CCC(C)(C)C1. The number of rotatable bonds is 4. The van der Waals surface area contributed by atoms with E-state index in [1.165, 1.54) is 0 Å². The second-order valence-corrected chi connectivity index (χ2v) is 5.48. The first kappa shape index (κ1) is 12.5. The van der Waals surface area contributed by atoms with Gasteiger partial charge in [-0.2, -0.15) is 0 Å². The number of likely N-dealkylation sites (tertiary alicyclic amines) is 1. The molecule has 15 heavy (non-hydrogen) atoms. The van der Waals surface area contributed by atoms with Gasteiger partial charge in [-0.3, -0.25) is 4.79 Å². The lowest BCUT2D eigenvalue weighted by Gasteiger charge is -2.21. The zero-order chi connectivity index (χ0) is 11.5. The smallest absolute Gasteiger partial charge is 0.224 e. The Morgan fingerprint density at radius 2 is 2.20 bits per heavy atom. The number of hydrogen-bond acceptors (Lipinski definition) is 2. The lowest BCUT2D eigenvalue weighted by Crippen LogP contribution is -2.35. The van der Waals surface area contributed by atoms with Crippen molar-refractivity contribution in [3.05, 3.63) is 0 Å². The summed E-state index contributed by atoms with van der Waals surface area (Å²) >= 11 is 0. The fraction of sp³-hybridized carbons (Fsp3) is 0.917. The normalized spacial score (nSPS) is 21.7. The van der Waals surface area contributed by atoms with Crippen molar-refractivity contribution in [2.75, 3.05) is 13.1 Å². The monoisotopic (exact) mass is 212 g/mol. The maximum absolute atomic E-state index is 11.9. The standard InChI is InChI=1S/C12H24N2O/c1-4-5-10(13)8-11(15)14-7-6-12(2,3)9-14/h10H,4-9,13H2,1-3H3. The molecule has 0 aromatic heterocycles. The van der Waals surface area contributed by atoms with Gasteiger partial charge in [0.1, 0.15) is 0 Å². The molecule has 0 saturated carbocycles. The van der Waals surface area contributed by atoms with Crippen LogP contribution in [0.25, 0.3) is 0 Å². The highest BCUT2D eigenvalue weighted by Crippen LogP contribution is 2.29. The minimum atomic E-state index is 0.0474. The van der Waals surface area contributed by atoms with Gasteiger partial charge in [-0.25, -0.2) is 0 Å². The first-order valence-electron chi connectivity index (χ1n) is 5.98. The summed E-state index contributed by atoms with van der Waals surface area (Å²) in [6.07, 6.45) is 3.63. The Labute approximate surface area is 93.0 Å². The van der Waals surface area contributed by atoms with Crippen LogP contribution in [-0.2, 0) is 4.79 Å². The number of carbonyl (C=O) groups excluding carboxylic acids is 1. The maximum Gasteiger partial charge on any atom is 0.224 e. The van der Waals surface area contributed by atoms with Crippen molar-refractivity contribution in [2.24, 2.45) is 11.1 Å². The summed E-state index contributed by atoms with van der Waals surface area (Å²) in [4.78, 5) is 13.8. The van der Waals surface area contributed by atoms with Crippen molar-refractivity contribution in [3.63, 3.8) is 0 Å². The molecule has 0 aromatic rings. The molecule has 0 spiro atoms. The van der Waals surface area contributed by atoms with Crippen LogP contribution in [0.5, 0.6) is 0 Å². The zero-order valence-corrected chi connectivity index (χ0v) is 10.3. The average molecular weight is 212 g/mol. The molecular weight excluding hydrogens is 188 g/mol. The fourth-order valence-corrected chi connectivity index (χ4v) is 2.15. The Bertz CT molecular complexity index is 226. The van der Waals surface area contributed by atoms with Crippen molar-refractivity contribution in [1.29, 1.82) is 0 Å². The highest BCUT2D eigenvalue weighted by atomic mass is 16.2. The molecule has 0 aromatic carbocycles. The summed E-state index contributed by atoms with van der Waals surface area (Å²) in [5.41, 5.74) is 6.17. The van der Waals surface area contributed by atoms with Crippen LogP contribution in [0.4, 0.5) is 0 Å². The Hall–Kier alpha value is -0.570. The van der Waals surface area contributed by atoms with Crippen LogP contribution >= 0.6 is 0 Å². The third kappa shape index (κ3) is 3.82. The summed E-state index contributed by atoms with van der Waals surface area (Å²) in [5, 5.41) is 0. The Kier molecular flexibility index (Phi) is 4.14. The average Bonchev–Trinajstić information content (AvgIpc) is 2.46. The van der Waals surface area contributed by atoms with Gasteiger partial charge in [0, 0.05) is 25.6 Å². The molecule has 1 fully saturated rings. The van der Waals surface area contributed by atoms with Crippen molar-refractivity contribution < 1.29 is 4.79 Å². The summed E-state index contributed by atoms with van der Waals surface area (Å²) in [6, 6.07) is 0.0474. The van der Waals surface area contributed by atoms with Crippen LogP contribution in [0.1, 0.15) is 46.5 Å². The number of nitrogens with zero attached hydrogens (tertiary/aromatic N) is 1. The molecule has 88 valence electrons. The Morgan fingerprint density at radius 1 is 1.53 bits per heavy atom. The van der Waals surface area contributed by atoms with E-state index in [9.17, 15) is 4.79 Å². The molecule has 0 radical (unpaired) electrons. The molecule has 3 heteroatoms. The summed E-state index contributed by atoms with van der Waals surface area (Å²) in [6.45, 7) is 8.33. The van der Waals surface area contributed by atoms with Gasteiger partial charge in [-0.15, -0.1) is 0 Å². The lowest BCUT2D eigenvalue weighted by atomic mass is 9.93. The number of hydrogen-bond donors (Lipinski definition) is 1. The quantitative estimate of drug-likeness (QED) is 0.772. The summed E-state index contributed by atoms with van der Waals surface area (Å²) < 4.78 is 0. The van der Waals surface area contributed by atoms with Crippen molar-refractivity contribution >= 4 is 5.91 Å². The minimum Gasteiger partial charge on any atom is -0.342 e. The van der Waals surface area contributed by atoms with E-state index < -0.39 is 0 Å². The molecule has 2 N–H and O–H groups in total. The van der Waals surface area contributed by atoms with Crippen LogP contribution < -0.4 is 5.73 Å². The molecule has 0 aliphatic carbocycles. The van der Waals surface area contributed by atoms with Gasteiger partial charge in [0.15, 0.2) is 0 Å². The van der Waals surface area contributed by atoms with Gasteiger partial charge in [-0.05, 0) is 18.3 Å². The summed E-state index contributed by atoms with van der Waals surface area (Å²) in [5.74, 6) is 0.238. The largest absolute Gasteiger partial charge is 0.342 e. The van der Waals surface area contributed by atoms with Crippen molar-refractivity contribution in [3.8, 4) is 0 Å². The number of carbonyl (C=O) groups is 1. The van der Waals surface area contributed by atoms with E-state index in [-0.39, 0.29) is 11.9 Å². The fourth-order valence-electron chi connectivity index (χ4n) is 2.15. The van der Waals surface area contributed by atoms with Gasteiger partial charge < -0.3 is 10.6 Å². The van der Waals surface area contributed by atoms with Crippen molar-refractivity contribution in [2.45, 2.75) is 52.5 Å². The van der Waals surface area contributed by atoms with Crippen LogP contribution in [0.2, 0.25) is 0 Å². The molecule has 1 aliphatic heterocycles. The van der Waals surface area contributed by atoms with Gasteiger partial charge in [0.2, 0.25) is 5.91 Å². The zero-order valence-electron chi connectivity index (χ0n) is 10.3. The van der Waals surface area contributed by atoms with Gasteiger partial charge in [-0.1, -0.05) is 27.2 Å². The Balaban J connectivity index is 2.35. The van der Waals surface area contributed by atoms with Gasteiger partial charge >= 0.3 is 0 Å². The molecule has 0 bridgehead atoms. The van der Waals surface area contributed by atoms with Gasteiger partial charge in [0.25, 0.3) is 0 Å². The molecule has 1 rings (SSSR count). The van der Waals surface area contributed by atoms with E-state index in [4.69, 9.17) is 5.73 Å². The van der Waals surface area contributed by atoms with Gasteiger partial charge in [0.05, 0.1) is 0 Å². The molecule has 1 amide bonds. The predicted molar refractivity (Wildman–Crippen MR) is 62.5 cm³/mol.